The quantitative estimate of drug-likeness (QED) is 0.901. The lowest BCUT2D eigenvalue weighted by atomic mass is 9.88. The molecule has 0 aromatic heterocycles. The fourth-order valence-electron chi connectivity index (χ4n) is 2.93. The van der Waals surface area contributed by atoms with E-state index in [0.29, 0.717) is 5.78 Å². The van der Waals surface area contributed by atoms with E-state index in [1.807, 2.05) is 6.07 Å². The zero-order chi connectivity index (χ0) is 13.8. The summed E-state index contributed by atoms with van der Waals surface area (Å²) in [6.45, 7) is 5.85. The molecular weight excluding hydrogens is 236 g/mol. The number of hydrogen-bond donors (Lipinski definition) is 1. The van der Waals surface area contributed by atoms with Gasteiger partial charge in [-0.1, -0.05) is 30.3 Å². The maximum absolute atomic E-state index is 11.8. The van der Waals surface area contributed by atoms with E-state index in [1.165, 1.54) is 5.56 Å². The van der Waals surface area contributed by atoms with Crippen molar-refractivity contribution < 1.29 is 4.79 Å². The largest absolute Gasteiger partial charge is 0.305 e. The Hall–Kier alpha value is -1.19. The zero-order valence-corrected chi connectivity index (χ0v) is 12.1. The Morgan fingerprint density at radius 1 is 1.37 bits per heavy atom. The second-order valence-electron chi connectivity index (χ2n) is 5.67. The summed E-state index contributed by atoms with van der Waals surface area (Å²) in [5, 5.41) is 3.63. The summed E-state index contributed by atoms with van der Waals surface area (Å²) in [6, 6.07) is 10.9. The Labute approximate surface area is 116 Å². The summed E-state index contributed by atoms with van der Waals surface area (Å²) in [5.41, 5.74) is 1.28. The molecule has 1 N–H and O–H groups in total. The number of rotatable bonds is 4. The van der Waals surface area contributed by atoms with E-state index < -0.39 is 0 Å². The predicted octanol–water partition coefficient (Wildman–Crippen LogP) is 2.25. The minimum Gasteiger partial charge on any atom is -0.305 e. The Morgan fingerprint density at radius 3 is 2.68 bits per heavy atom. The van der Waals surface area contributed by atoms with Crippen LogP contribution in [0, 0.1) is 5.92 Å². The number of nitrogens with one attached hydrogen (secondary N) is 1. The molecule has 3 heteroatoms. The van der Waals surface area contributed by atoms with Gasteiger partial charge in [-0.15, -0.1) is 0 Å². The third-order valence-electron chi connectivity index (χ3n) is 4.10. The monoisotopic (exact) mass is 260 g/mol. The summed E-state index contributed by atoms with van der Waals surface area (Å²) < 4.78 is 0. The molecule has 1 heterocycles. The highest BCUT2D eigenvalue weighted by Crippen LogP contribution is 2.21. The average molecular weight is 260 g/mol. The molecule has 104 valence electrons. The zero-order valence-electron chi connectivity index (χ0n) is 12.1. The third kappa shape index (κ3) is 3.64. The van der Waals surface area contributed by atoms with Gasteiger partial charge in [0.05, 0.1) is 0 Å². The van der Waals surface area contributed by atoms with E-state index in [2.05, 4.69) is 48.5 Å². The fourth-order valence-corrected chi connectivity index (χ4v) is 2.93. The summed E-state index contributed by atoms with van der Waals surface area (Å²) in [4.78, 5) is 14.1. The van der Waals surface area contributed by atoms with Crippen LogP contribution < -0.4 is 5.32 Å². The lowest BCUT2D eigenvalue weighted by molar-refractivity contribution is -0.123. The van der Waals surface area contributed by atoms with Crippen molar-refractivity contribution in [1.29, 1.82) is 0 Å². The minimum absolute atomic E-state index is 0.155. The van der Waals surface area contributed by atoms with Gasteiger partial charge < -0.3 is 10.2 Å². The first-order chi connectivity index (χ1) is 9.08. The minimum atomic E-state index is 0.155. The Bertz CT molecular complexity index is 418. The molecule has 1 saturated heterocycles. The molecule has 1 aromatic carbocycles. The van der Waals surface area contributed by atoms with E-state index >= 15 is 0 Å². The molecule has 0 saturated carbocycles. The van der Waals surface area contributed by atoms with E-state index in [9.17, 15) is 4.79 Å². The summed E-state index contributed by atoms with van der Waals surface area (Å²) in [7, 11) is 2.12. The van der Waals surface area contributed by atoms with Gasteiger partial charge >= 0.3 is 0 Å². The highest BCUT2D eigenvalue weighted by atomic mass is 16.1. The van der Waals surface area contributed by atoms with Crippen LogP contribution in [0.1, 0.15) is 31.9 Å². The SMILES string of the molecule is CC(=O)C1CCN(C)CC1NC(C)c1ccccc1. The van der Waals surface area contributed by atoms with Gasteiger partial charge in [0.2, 0.25) is 0 Å². The van der Waals surface area contributed by atoms with Crippen molar-refractivity contribution in [1.82, 2.24) is 10.2 Å². The van der Waals surface area contributed by atoms with Crippen molar-refractivity contribution in [3.8, 4) is 0 Å². The molecule has 0 radical (unpaired) electrons. The van der Waals surface area contributed by atoms with Gasteiger partial charge in [-0.2, -0.15) is 0 Å². The van der Waals surface area contributed by atoms with Crippen LogP contribution in [-0.2, 0) is 4.79 Å². The molecule has 1 fully saturated rings. The van der Waals surface area contributed by atoms with Crippen LogP contribution >= 0.6 is 0 Å². The Balaban J connectivity index is 2.04. The van der Waals surface area contributed by atoms with Crippen molar-refractivity contribution in [3.63, 3.8) is 0 Å². The smallest absolute Gasteiger partial charge is 0.134 e. The van der Waals surface area contributed by atoms with Crippen LogP contribution in [0.25, 0.3) is 0 Å². The number of carbonyl (C=O) groups excluding carboxylic acids is 1. The summed E-state index contributed by atoms with van der Waals surface area (Å²) >= 11 is 0. The second kappa shape index (κ2) is 6.31. The van der Waals surface area contributed by atoms with Gasteiger partial charge in [0, 0.05) is 24.5 Å². The molecule has 0 bridgehead atoms. The molecule has 1 aromatic rings. The van der Waals surface area contributed by atoms with Crippen molar-refractivity contribution in [2.24, 2.45) is 5.92 Å². The van der Waals surface area contributed by atoms with Crippen LogP contribution in [0.5, 0.6) is 0 Å². The van der Waals surface area contributed by atoms with Gasteiger partial charge in [-0.25, -0.2) is 0 Å². The fraction of sp³-hybridized carbons (Fsp3) is 0.562. The third-order valence-corrected chi connectivity index (χ3v) is 4.10. The van der Waals surface area contributed by atoms with Gasteiger partial charge in [-0.05, 0) is 39.4 Å². The molecular formula is C16H24N2O. The number of nitrogens with zero attached hydrogens (tertiary/aromatic N) is 1. The van der Waals surface area contributed by atoms with Gasteiger partial charge in [0.25, 0.3) is 0 Å². The van der Waals surface area contributed by atoms with Gasteiger partial charge in [0.15, 0.2) is 0 Å². The highest BCUT2D eigenvalue weighted by molar-refractivity contribution is 5.79. The Kier molecular flexibility index (Phi) is 4.72. The molecule has 3 atom stereocenters. The maximum atomic E-state index is 11.8. The first-order valence-corrected chi connectivity index (χ1v) is 7.08. The molecule has 0 spiro atoms. The van der Waals surface area contributed by atoms with Crippen molar-refractivity contribution in [3.05, 3.63) is 35.9 Å². The van der Waals surface area contributed by atoms with Crippen molar-refractivity contribution in [2.45, 2.75) is 32.4 Å². The Morgan fingerprint density at radius 2 is 2.05 bits per heavy atom. The number of likely N-dealkylation sites (tertiary alicyclic amines) is 1. The number of likely N-dealkylation sites (N-methyl/N-ethyl adjacent to an activating group) is 1. The molecule has 1 aliphatic rings. The number of benzene rings is 1. The van der Waals surface area contributed by atoms with Crippen LogP contribution in [0.3, 0.4) is 0 Å². The maximum Gasteiger partial charge on any atom is 0.134 e. The number of Topliss-reactive ketones (excluding diaryl/α,β-unsaturated/α-hetero) is 1. The molecule has 0 amide bonds. The lowest BCUT2D eigenvalue weighted by Crippen LogP contribution is -2.52. The van der Waals surface area contributed by atoms with E-state index in [1.54, 1.807) is 6.92 Å². The standard InChI is InChI=1S/C16H24N2O/c1-12(14-7-5-4-6-8-14)17-16-11-18(3)10-9-15(16)13(2)19/h4-8,12,15-17H,9-11H2,1-3H3. The van der Waals surface area contributed by atoms with E-state index in [-0.39, 0.29) is 18.0 Å². The first kappa shape index (κ1) is 14.2. The molecule has 0 aliphatic carbocycles. The van der Waals surface area contributed by atoms with Gasteiger partial charge in [-0.3, -0.25) is 4.79 Å². The first-order valence-electron chi connectivity index (χ1n) is 7.08. The normalized spacial score (nSPS) is 26.1. The molecule has 2 rings (SSSR count). The molecule has 19 heavy (non-hydrogen) atoms. The van der Waals surface area contributed by atoms with E-state index in [0.717, 1.165) is 19.5 Å². The number of carbonyl (C=O) groups is 1. The predicted molar refractivity (Wildman–Crippen MR) is 78.1 cm³/mol. The second-order valence-corrected chi connectivity index (χ2v) is 5.67. The average Bonchev–Trinajstić information content (AvgIpc) is 2.39. The van der Waals surface area contributed by atoms with Crippen LogP contribution in [0.2, 0.25) is 0 Å². The lowest BCUT2D eigenvalue weighted by Gasteiger charge is -2.37. The summed E-state index contributed by atoms with van der Waals surface area (Å²) in [5.74, 6) is 0.466. The van der Waals surface area contributed by atoms with Crippen molar-refractivity contribution >= 4 is 5.78 Å². The number of hydrogen-bond acceptors (Lipinski definition) is 3. The molecule has 1 aliphatic heterocycles. The highest BCUT2D eigenvalue weighted by Gasteiger charge is 2.31. The molecule has 3 unspecified atom stereocenters. The van der Waals surface area contributed by atoms with E-state index in [4.69, 9.17) is 0 Å². The topological polar surface area (TPSA) is 32.3 Å². The van der Waals surface area contributed by atoms with Crippen LogP contribution in [-0.4, -0.2) is 36.9 Å². The molecule has 3 nitrogen and oxygen atoms in total. The number of ketones is 1. The summed E-state index contributed by atoms with van der Waals surface area (Å²) in [6.07, 6.45) is 0.963. The van der Waals surface area contributed by atoms with Crippen molar-refractivity contribution in [2.75, 3.05) is 20.1 Å². The number of piperidine rings is 1. The van der Waals surface area contributed by atoms with Crippen LogP contribution in [0.15, 0.2) is 30.3 Å². The van der Waals surface area contributed by atoms with Crippen LogP contribution in [0.4, 0.5) is 0 Å². The van der Waals surface area contributed by atoms with Gasteiger partial charge in [0.1, 0.15) is 5.78 Å².